The van der Waals surface area contributed by atoms with Gasteiger partial charge >= 0.3 is 5.97 Å². The number of morpholine rings is 1. The molecule has 0 amide bonds. The van der Waals surface area contributed by atoms with Crippen molar-refractivity contribution in [2.75, 3.05) is 38.3 Å². The summed E-state index contributed by atoms with van der Waals surface area (Å²) in [5.41, 5.74) is 5.78. The number of hydrogen-bond acceptors (Lipinski definition) is 7. The highest BCUT2D eigenvalue weighted by Gasteiger charge is 2.20. The van der Waals surface area contributed by atoms with Crippen LogP contribution in [0.4, 0.5) is 5.82 Å². The molecule has 98 valence electrons. The minimum Gasteiger partial charge on any atom is -0.464 e. The number of carbonyl (C=O) groups is 1. The fourth-order valence-corrected chi connectivity index (χ4v) is 1.78. The highest BCUT2D eigenvalue weighted by atomic mass is 16.5. The largest absolute Gasteiger partial charge is 0.464 e. The number of esters is 1. The second kappa shape index (κ2) is 5.74. The van der Waals surface area contributed by atoms with Gasteiger partial charge < -0.3 is 20.1 Å². The van der Waals surface area contributed by atoms with Crippen molar-refractivity contribution in [3.8, 4) is 0 Å². The maximum absolute atomic E-state index is 11.2. The van der Waals surface area contributed by atoms with Crippen molar-refractivity contribution in [2.24, 2.45) is 5.73 Å². The van der Waals surface area contributed by atoms with E-state index in [-0.39, 0.29) is 11.8 Å². The van der Waals surface area contributed by atoms with Gasteiger partial charge in [0.05, 0.1) is 19.8 Å². The van der Waals surface area contributed by atoms with Crippen molar-refractivity contribution in [2.45, 2.75) is 6.10 Å². The smallest absolute Gasteiger partial charge is 0.358 e. The van der Waals surface area contributed by atoms with E-state index in [0.717, 1.165) is 6.54 Å². The van der Waals surface area contributed by atoms with E-state index in [9.17, 15) is 4.79 Å². The molecule has 0 bridgehead atoms. The standard InChI is InChI=1S/C11H16N4O3/c1-17-11(16)9-2-3-10(14-13-9)15-4-5-18-8(6-12)7-15/h2-3,8H,4-7,12H2,1H3. The highest BCUT2D eigenvalue weighted by molar-refractivity contribution is 5.86. The second-order valence-corrected chi connectivity index (χ2v) is 3.94. The van der Waals surface area contributed by atoms with E-state index in [0.29, 0.717) is 25.5 Å². The molecule has 1 fully saturated rings. The van der Waals surface area contributed by atoms with Crippen molar-refractivity contribution < 1.29 is 14.3 Å². The summed E-state index contributed by atoms with van der Waals surface area (Å²) in [6.45, 7) is 2.51. The first-order valence-corrected chi connectivity index (χ1v) is 5.73. The molecule has 1 aromatic rings. The Kier molecular flexibility index (Phi) is 4.06. The first-order chi connectivity index (χ1) is 8.74. The SMILES string of the molecule is COC(=O)c1ccc(N2CCOC(CN)C2)nn1. The zero-order valence-corrected chi connectivity index (χ0v) is 10.2. The molecule has 0 aliphatic carbocycles. The first kappa shape index (κ1) is 12.7. The molecule has 1 unspecified atom stereocenters. The molecule has 2 N–H and O–H groups in total. The highest BCUT2D eigenvalue weighted by Crippen LogP contribution is 2.14. The van der Waals surface area contributed by atoms with Crippen molar-refractivity contribution in [3.05, 3.63) is 17.8 Å². The summed E-state index contributed by atoms with van der Waals surface area (Å²) >= 11 is 0. The van der Waals surface area contributed by atoms with Gasteiger partial charge in [-0.2, -0.15) is 0 Å². The first-order valence-electron chi connectivity index (χ1n) is 5.73. The number of anilines is 1. The molecular weight excluding hydrogens is 236 g/mol. The third-order valence-electron chi connectivity index (χ3n) is 2.77. The monoisotopic (exact) mass is 252 g/mol. The summed E-state index contributed by atoms with van der Waals surface area (Å²) in [5, 5.41) is 7.86. The Labute approximate surface area is 105 Å². The van der Waals surface area contributed by atoms with Gasteiger partial charge in [-0.1, -0.05) is 0 Å². The van der Waals surface area contributed by atoms with Gasteiger partial charge in [0.15, 0.2) is 11.5 Å². The van der Waals surface area contributed by atoms with E-state index in [4.69, 9.17) is 10.5 Å². The van der Waals surface area contributed by atoms with Crippen LogP contribution in [0.15, 0.2) is 12.1 Å². The predicted molar refractivity (Wildman–Crippen MR) is 64.4 cm³/mol. The molecule has 1 saturated heterocycles. The number of methoxy groups -OCH3 is 1. The lowest BCUT2D eigenvalue weighted by Gasteiger charge is -2.32. The van der Waals surface area contributed by atoms with Gasteiger partial charge in [0.1, 0.15) is 0 Å². The van der Waals surface area contributed by atoms with Gasteiger partial charge in [0.25, 0.3) is 0 Å². The molecule has 0 spiro atoms. The van der Waals surface area contributed by atoms with Crippen LogP contribution in [0, 0.1) is 0 Å². The molecule has 18 heavy (non-hydrogen) atoms. The van der Waals surface area contributed by atoms with Gasteiger partial charge in [-0.3, -0.25) is 0 Å². The maximum Gasteiger partial charge on any atom is 0.358 e. The molecule has 7 nitrogen and oxygen atoms in total. The number of rotatable bonds is 3. The van der Waals surface area contributed by atoms with Gasteiger partial charge in [-0.15, -0.1) is 10.2 Å². The van der Waals surface area contributed by atoms with Crippen LogP contribution in [0.1, 0.15) is 10.5 Å². The molecule has 1 aliphatic rings. The van der Waals surface area contributed by atoms with Crippen molar-refractivity contribution >= 4 is 11.8 Å². The average Bonchev–Trinajstić information content (AvgIpc) is 2.46. The van der Waals surface area contributed by atoms with Gasteiger partial charge in [-0.05, 0) is 12.1 Å². The van der Waals surface area contributed by atoms with E-state index in [1.807, 2.05) is 4.90 Å². The van der Waals surface area contributed by atoms with E-state index in [1.165, 1.54) is 7.11 Å². The third kappa shape index (κ3) is 2.74. The Morgan fingerprint density at radius 2 is 2.44 bits per heavy atom. The molecule has 0 radical (unpaired) electrons. The van der Waals surface area contributed by atoms with E-state index < -0.39 is 5.97 Å². The van der Waals surface area contributed by atoms with E-state index >= 15 is 0 Å². The number of aromatic nitrogens is 2. The number of carbonyl (C=O) groups excluding carboxylic acids is 1. The summed E-state index contributed by atoms with van der Waals surface area (Å²) in [4.78, 5) is 13.3. The second-order valence-electron chi connectivity index (χ2n) is 3.94. The van der Waals surface area contributed by atoms with Crippen LogP contribution in [0.3, 0.4) is 0 Å². The topological polar surface area (TPSA) is 90.6 Å². The summed E-state index contributed by atoms with van der Waals surface area (Å²) < 4.78 is 10.0. The van der Waals surface area contributed by atoms with Crippen LogP contribution in [-0.2, 0) is 9.47 Å². The third-order valence-corrected chi connectivity index (χ3v) is 2.77. The maximum atomic E-state index is 11.2. The summed E-state index contributed by atoms with van der Waals surface area (Å²) in [7, 11) is 1.31. The van der Waals surface area contributed by atoms with Crippen molar-refractivity contribution in [3.63, 3.8) is 0 Å². The Morgan fingerprint density at radius 3 is 3.06 bits per heavy atom. The minimum atomic E-state index is -0.490. The molecule has 0 saturated carbocycles. The fraction of sp³-hybridized carbons (Fsp3) is 0.545. The Hall–Kier alpha value is -1.73. The Balaban J connectivity index is 2.07. The lowest BCUT2D eigenvalue weighted by atomic mass is 10.2. The van der Waals surface area contributed by atoms with Crippen molar-refractivity contribution in [1.29, 1.82) is 0 Å². The normalized spacial score (nSPS) is 19.7. The summed E-state index contributed by atoms with van der Waals surface area (Å²) in [6, 6.07) is 3.35. The number of hydrogen-bond donors (Lipinski definition) is 1. The minimum absolute atomic E-state index is 0.0147. The summed E-state index contributed by atoms with van der Waals surface area (Å²) in [5.74, 6) is 0.222. The van der Waals surface area contributed by atoms with Crippen LogP contribution < -0.4 is 10.6 Å². The zero-order valence-electron chi connectivity index (χ0n) is 10.2. The van der Waals surface area contributed by atoms with Crippen LogP contribution >= 0.6 is 0 Å². The van der Waals surface area contributed by atoms with Crippen LogP contribution in [0.2, 0.25) is 0 Å². The van der Waals surface area contributed by atoms with Crippen LogP contribution in [-0.4, -0.2) is 55.6 Å². The number of ether oxygens (including phenoxy) is 2. The quantitative estimate of drug-likeness (QED) is 0.720. The van der Waals surface area contributed by atoms with E-state index in [1.54, 1.807) is 12.1 Å². The van der Waals surface area contributed by atoms with Crippen LogP contribution in [0.25, 0.3) is 0 Å². The van der Waals surface area contributed by atoms with Gasteiger partial charge in [0, 0.05) is 19.6 Å². The molecular formula is C11H16N4O3. The van der Waals surface area contributed by atoms with Gasteiger partial charge in [0.2, 0.25) is 0 Å². The van der Waals surface area contributed by atoms with Crippen molar-refractivity contribution in [1.82, 2.24) is 10.2 Å². The Morgan fingerprint density at radius 1 is 1.61 bits per heavy atom. The molecule has 2 heterocycles. The molecule has 1 aromatic heterocycles. The zero-order chi connectivity index (χ0) is 13.0. The molecule has 0 aromatic carbocycles. The number of nitrogens with zero attached hydrogens (tertiary/aromatic N) is 3. The molecule has 2 rings (SSSR count). The molecule has 1 aliphatic heterocycles. The molecule has 7 heteroatoms. The predicted octanol–water partition coefficient (Wildman–Crippen LogP) is -0.573. The molecule has 1 atom stereocenters. The van der Waals surface area contributed by atoms with E-state index in [2.05, 4.69) is 14.9 Å². The van der Waals surface area contributed by atoms with Gasteiger partial charge in [-0.25, -0.2) is 4.79 Å². The average molecular weight is 252 g/mol. The van der Waals surface area contributed by atoms with Crippen LogP contribution in [0.5, 0.6) is 0 Å². The lowest BCUT2D eigenvalue weighted by Crippen LogP contribution is -2.46. The summed E-state index contributed by atoms with van der Waals surface area (Å²) in [6.07, 6.45) is 0.0147. The lowest BCUT2D eigenvalue weighted by molar-refractivity contribution is 0.0462. The fourth-order valence-electron chi connectivity index (χ4n) is 1.78. The Bertz CT molecular complexity index is 409. The number of nitrogens with two attached hydrogens (primary N) is 1.